The van der Waals surface area contributed by atoms with Crippen molar-refractivity contribution in [3.63, 3.8) is 0 Å². The summed E-state index contributed by atoms with van der Waals surface area (Å²) in [6.45, 7) is 3.72. The second kappa shape index (κ2) is 7.12. The molecule has 3 rings (SSSR count). The molecule has 0 aliphatic rings. The average molecular weight is 380 g/mol. The van der Waals surface area contributed by atoms with Crippen LogP contribution in [0.3, 0.4) is 0 Å². The standard InChI is InChI=1S/C18H16Cl2FN3O/c1-9(12-7-15(21)14(20)8-13(12)19)22-10(2)17-23-16-6-4-3-5-11(16)18(25)24-17/h3-10,22H,1-2H3,(H,23,24,25)/t9-,10+/m0/s1. The van der Waals surface area contributed by atoms with Crippen molar-refractivity contribution in [2.75, 3.05) is 0 Å². The zero-order valence-electron chi connectivity index (χ0n) is 13.6. The molecule has 0 aliphatic carbocycles. The van der Waals surface area contributed by atoms with E-state index in [9.17, 15) is 9.18 Å². The van der Waals surface area contributed by atoms with Crippen molar-refractivity contribution in [1.82, 2.24) is 15.3 Å². The Morgan fingerprint density at radius 1 is 1.12 bits per heavy atom. The van der Waals surface area contributed by atoms with E-state index >= 15 is 0 Å². The van der Waals surface area contributed by atoms with Crippen LogP contribution in [0.2, 0.25) is 10.0 Å². The molecule has 0 fully saturated rings. The number of H-pyrrole nitrogens is 1. The molecule has 0 aliphatic heterocycles. The van der Waals surface area contributed by atoms with Gasteiger partial charge in [0.1, 0.15) is 11.6 Å². The average Bonchev–Trinajstić information content (AvgIpc) is 2.58. The Labute approximate surface area is 154 Å². The first-order valence-electron chi connectivity index (χ1n) is 7.76. The first kappa shape index (κ1) is 17.9. The quantitative estimate of drug-likeness (QED) is 0.641. The van der Waals surface area contributed by atoms with Gasteiger partial charge in [0.2, 0.25) is 0 Å². The van der Waals surface area contributed by atoms with E-state index in [-0.39, 0.29) is 22.7 Å². The number of aromatic amines is 1. The number of para-hydroxylation sites is 1. The first-order valence-corrected chi connectivity index (χ1v) is 8.52. The van der Waals surface area contributed by atoms with Crippen LogP contribution in [-0.2, 0) is 0 Å². The topological polar surface area (TPSA) is 57.8 Å². The molecule has 2 atom stereocenters. The monoisotopic (exact) mass is 379 g/mol. The lowest BCUT2D eigenvalue weighted by Crippen LogP contribution is -2.26. The van der Waals surface area contributed by atoms with E-state index in [1.807, 2.05) is 19.9 Å². The van der Waals surface area contributed by atoms with Crippen LogP contribution >= 0.6 is 23.2 Å². The zero-order chi connectivity index (χ0) is 18.1. The summed E-state index contributed by atoms with van der Waals surface area (Å²) in [5.74, 6) is -0.0271. The van der Waals surface area contributed by atoms with Gasteiger partial charge in [-0.1, -0.05) is 35.3 Å². The fraction of sp³-hybridized carbons (Fsp3) is 0.222. The number of hydrogen-bond donors (Lipinski definition) is 2. The Bertz CT molecular complexity index is 990. The van der Waals surface area contributed by atoms with Gasteiger partial charge in [0.25, 0.3) is 5.56 Å². The number of hydrogen-bond acceptors (Lipinski definition) is 3. The maximum absolute atomic E-state index is 13.7. The van der Waals surface area contributed by atoms with Gasteiger partial charge >= 0.3 is 0 Å². The normalized spacial score (nSPS) is 13.8. The van der Waals surface area contributed by atoms with Crippen LogP contribution < -0.4 is 10.9 Å². The SMILES string of the molecule is C[C@H](N[C@H](C)c1nc2ccccc2c(=O)[nH]1)c1cc(F)c(Cl)cc1Cl. The third-order valence-corrected chi connectivity index (χ3v) is 4.66. The summed E-state index contributed by atoms with van der Waals surface area (Å²) in [5.41, 5.74) is 1.01. The first-order chi connectivity index (χ1) is 11.9. The number of nitrogens with zero attached hydrogens (tertiary/aromatic N) is 1. The summed E-state index contributed by atoms with van der Waals surface area (Å²) in [6.07, 6.45) is 0. The highest BCUT2D eigenvalue weighted by molar-refractivity contribution is 6.35. The molecule has 2 N–H and O–H groups in total. The van der Waals surface area contributed by atoms with Gasteiger partial charge in [0.05, 0.1) is 22.0 Å². The van der Waals surface area contributed by atoms with Crippen molar-refractivity contribution < 1.29 is 4.39 Å². The van der Waals surface area contributed by atoms with Gasteiger partial charge in [-0.3, -0.25) is 4.79 Å². The van der Waals surface area contributed by atoms with Gasteiger partial charge in [-0.05, 0) is 43.7 Å². The minimum Gasteiger partial charge on any atom is -0.309 e. The van der Waals surface area contributed by atoms with E-state index in [1.165, 1.54) is 12.1 Å². The molecule has 0 bridgehead atoms. The van der Waals surface area contributed by atoms with Gasteiger partial charge in [0.15, 0.2) is 0 Å². The van der Waals surface area contributed by atoms with Gasteiger partial charge in [-0.15, -0.1) is 0 Å². The number of fused-ring (bicyclic) bond motifs is 1. The van der Waals surface area contributed by atoms with Gasteiger partial charge < -0.3 is 10.3 Å². The summed E-state index contributed by atoms with van der Waals surface area (Å²) >= 11 is 11.9. The van der Waals surface area contributed by atoms with Crippen molar-refractivity contribution in [3.8, 4) is 0 Å². The third kappa shape index (κ3) is 3.68. The number of rotatable bonds is 4. The molecule has 4 nitrogen and oxygen atoms in total. The lowest BCUT2D eigenvalue weighted by molar-refractivity contribution is 0.475. The minimum absolute atomic E-state index is 0.0190. The highest BCUT2D eigenvalue weighted by atomic mass is 35.5. The Hall–Kier alpha value is -1.95. The molecule has 130 valence electrons. The molecule has 0 unspecified atom stereocenters. The second-order valence-electron chi connectivity index (χ2n) is 5.87. The van der Waals surface area contributed by atoms with Crippen molar-refractivity contribution >= 4 is 34.1 Å². The van der Waals surface area contributed by atoms with Crippen LogP contribution in [0.15, 0.2) is 41.2 Å². The van der Waals surface area contributed by atoms with E-state index in [4.69, 9.17) is 23.2 Å². The van der Waals surface area contributed by atoms with E-state index in [1.54, 1.807) is 18.2 Å². The number of nitrogens with one attached hydrogen (secondary N) is 2. The highest BCUT2D eigenvalue weighted by Crippen LogP contribution is 2.29. The van der Waals surface area contributed by atoms with Gasteiger partial charge in [-0.2, -0.15) is 0 Å². The van der Waals surface area contributed by atoms with Crippen molar-refractivity contribution in [1.29, 1.82) is 0 Å². The zero-order valence-corrected chi connectivity index (χ0v) is 15.1. The minimum atomic E-state index is -0.528. The molecule has 0 radical (unpaired) electrons. The third-order valence-electron chi connectivity index (χ3n) is 4.05. The van der Waals surface area contributed by atoms with Crippen molar-refractivity contribution in [2.24, 2.45) is 0 Å². The summed E-state index contributed by atoms with van der Waals surface area (Å²) in [6, 6.07) is 9.28. The van der Waals surface area contributed by atoms with Crippen LogP contribution in [0.1, 0.15) is 37.3 Å². The molecule has 0 saturated carbocycles. The maximum atomic E-state index is 13.7. The summed E-state index contributed by atoms with van der Waals surface area (Å²) < 4.78 is 13.7. The molecule has 2 aromatic carbocycles. The molecule has 0 spiro atoms. The molecule has 1 heterocycles. The van der Waals surface area contributed by atoms with E-state index in [0.29, 0.717) is 27.3 Å². The van der Waals surface area contributed by atoms with Crippen molar-refractivity contribution in [2.45, 2.75) is 25.9 Å². The number of benzene rings is 2. The summed E-state index contributed by atoms with van der Waals surface area (Å²) in [4.78, 5) is 19.5. The van der Waals surface area contributed by atoms with E-state index in [0.717, 1.165) is 0 Å². The number of halogens is 3. The molecule has 7 heteroatoms. The Morgan fingerprint density at radius 3 is 2.60 bits per heavy atom. The molecule has 1 aromatic heterocycles. The smallest absolute Gasteiger partial charge is 0.258 e. The Balaban J connectivity index is 1.88. The Morgan fingerprint density at radius 2 is 1.84 bits per heavy atom. The van der Waals surface area contributed by atoms with Gasteiger partial charge in [-0.25, -0.2) is 9.37 Å². The predicted octanol–water partition coefficient (Wildman–Crippen LogP) is 4.78. The lowest BCUT2D eigenvalue weighted by atomic mass is 10.1. The van der Waals surface area contributed by atoms with E-state index in [2.05, 4.69) is 15.3 Å². The van der Waals surface area contributed by atoms with Crippen LogP contribution in [0.25, 0.3) is 10.9 Å². The predicted molar refractivity (Wildman–Crippen MR) is 98.7 cm³/mol. The number of aromatic nitrogens is 2. The van der Waals surface area contributed by atoms with Crippen molar-refractivity contribution in [3.05, 3.63) is 74.0 Å². The molecule has 25 heavy (non-hydrogen) atoms. The summed E-state index contributed by atoms with van der Waals surface area (Å²) in [7, 11) is 0. The van der Waals surface area contributed by atoms with Gasteiger partial charge in [0, 0.05) is 11.1 Å². The highest BCUT2D eigenvalue weighted by Gasteiger charge is 2.18. The molecule has 0 saturated heterocycles. The van der Waals surface area contributed by atoms with E-state index < -0.39 is 5.82 Å². The molecular formula is C18H16Cl2FN3O. The van der Waals surface area contributed by atoms with Crippen LogP contribution in [0.5, 0.6) is 0 Å². The fourth-order valence-electron chi connectivity index (χ4n) is 2.72. The maximum Gasteiger partial charge on any atom is 0.258 e. The van der Waals surface area contributed by atoms with Crippen LogP contribution in [0, 0.1) is 5.82 Å². The lowest BCUT2D eigenvalue weighted by Gasteiger charge is -2.21. The second-order valence-corrected chi connectivity index (χ2v) is 6.68. The fourth-order valence-corrected chi connectivity index (χ4v) is 3.27. The molecule has 0 amide bonds. The van der Waals surface area contributed by atoms with Crippen LogP contribution in [0.4, 0.5) is 4.39 Å². The van der Waals surface area contributed by atoms with Crippen LogP contribution in [-0.4, -0.2) is 9.97 Å². The molecule has 3 aromatic rings. The molecular weight excluding hydrogens is 364 g/mol. The largest absolute Gasteiger partial charge is 0.309 e. The summed E-state index contributed by atoms with van der Waals surface area (Å²) in [5, 5.41) is 4.16. The Kier molecular flexibility index (Phi) is 5.08.